The predicted molar refractivity (Wildman–Crippen MR) is 99.9 cm³/mol. The molecular weight excluding hydrogens is 363 g/mol. The van der Waals surface area contributed by atoms with Gasteiger partial charge in [-0.05, 0) is 43.7 Å². The lowest BCUT2D eigenvalue weighted by atomic mass is 10.2. The zero-order chi connectivity index (χ0) is 19.8. The van der Waals surface area contributed by atoms with Crippen LogP contribution in [0.1, 0.15) is 31.2 Å². The van der Waals surface area contributed by atoms with Crippen molar-refractivity contribution in [2.24, 2.45) is 0 Å². The van der Waals surface area contributed by atoms with Gasteiger partial charge in [-0.1, -0.05) is 11.2 Å². The van der Waals surface area contributed by atoms with Crippen LogP contribution in [0.4, 0.5) is 4.39 Å². The summed E-state index contributed by atoms with van der Waals surface area (Å²) in [7, 11) is 0. The number of benzene rings is 1. The molecule has 7 nitrogen and oxygen atoms in total. The zero-order valence-electron chi connectivity index (χ0n) is 15.5. The van der Waals surface area contributed by atoms with Crippen molar-refractivity contribution in [3.8, 4) is 17.3 Å². The Morgan fingerprint density at radius 1 is 1.25 bits per heavy atom. The van der Waals surface area contributed by atoms with Crippen LogP contribution in [0, 0.1) is 5.82 Å². The average Bonchev–Trinajstić information content (AvgIpc) is 3.17. The van der Waals surface area contributed by atoms with E-state index in [0.29, 0.717) is 55.6 Å². The van der Waals surface area contributed by atoms with Crippen LogP contribution >= 0.6 is 0 Å². The largest absolute Gasteiger partial charge is 0.478 e. The van der Waals surface area contributed by atoms with Crippen molar-refractivity contribution in [1.29, 1.82) is 0 Å². The van der Waals surface area contributed by atoms with Crippen molar-refractivity contribution in [3.63, 3.8) is 0 Å². The Labute approximate surface area is 161 Å². The number of amides is 1. The van der Waals surface area contributed by atoms with Crippen molar-refractivity contribution >= 4 is 5.91 Å². The van der Waals surface area contributed by atoms with Gasteiger partial charge in [0.05, 0.1) is 6.61 Å². The molecule has 0 radical (unpaired) electrons. The van der Waals surface area contributed by atoms with E-state index in [1.54, 1.807) is 24.4 Å². The number of hydrogen-bond acceptors (Lipinski definition) is 6. The molecule has 0 bridgehead atoms. The summed E-state index contributed by atoms with van der Waals surface area (Å²) >= 11 is 0. The molecular formula is C20H21FN4O3. The van der Waals surface area contributed by atoms with Crippen LogP contribution in [-0.4, -0.2) is 27.6 Å². The lowest BCUT2D eigenvalue weighted by Gasteiger charge is -2.09. The molecule has 0 saturated carbocycles. The summed E-state index contributed by atoms with van der Waals surface area (Å²) in [6, 6.07) is 9.54. The molecule has 0 atom stereocenters. The Kier molecular flexibility index (Phi) is 6.67. The normalized spacial score (nSPS) is 10.6. The number of ether oxygens (including phenoxy) is 1. The Morgan fingerprint density at radius 3 is 2.86 bits per heavy atom. The standard InChI is InChI=1S/C20H21FN4O3/c1-2-27-20-15(5-4-12-22-20)13-23-17(26)6-3-7-18-24-19(25-28-18)14-8-10-16(21)11-9-14/h4-5,8-12H,2-3,6-7,13H2,1H3,(H,23,26). The van der Waals surface area contributed by atoms with Gasteiger partial charge in [-0.2, -0.15) is 4.98 Å². The number of pyridine rings is 1. The minimum absolute atomic E-state index is 0.0791. The molecule has 0 unspecified atom stereocenters. The maximum absolute atomic E-state index is 13.0. The van der Waals surface area contributed by atoms with Crippen LogP contribution in [0.2, 0.25) is 0 Å². The molecule has 0 spiro atoms. The zero-order valence-corrected chi connectivity index (χ0v) is 15.5. The fraction of sp³-hybridized carbons (Fsp3) is 0.300. The van der Waals surface area contributed by atoms with Gasteiger partial charge in [-0.25, -0.2) is 9.37 Å². The second kappa shape index (κ2) is 9.59. The molecule has 0 saturated heterocycles. The molecule has 3 rings (SSSR count). The second-order valence-corrected chi connectivity index (χ2v) is 6.05. The number of halogens is 1. The first kappa shape index (κ1) is 19.5. The van der Waals surface area contributed by atoms with Crippen LogP contribution in [-0.2, 0) is 17.8 Å². The highest BCUT2D eigenvalue weighted by Gasteiger charge is 2.10. The Hall–Kier alpha value is -3.29. The minimum Gasteiger partial charge on any atom is -0.478 e. The van der Waals surface area contributed by atoms with E-state index in [-0.39, 0.29) is 11.7 Å². The van der Waals surface area contributed by atoms with E-state index in [4.69, 9.17) is 9.26 Å². The molecule has 0 aliphatic heterocycles. The first-order valence-corrected chi connectivity index (χ1v) is 9.07. The van der Waals surface area contributed by atoms with E-state index in [1.165, 1.54) is 12.1 Å². The van der Waals surface area contributed by atoms with E-state index in [9.17, 15) is 9.18 Å². The van der Waals surface area contributed by atoms with Gasteiger partial charge in [0.25, 0.3) is 0 Å². The van der Waals surface area contributed by atoms with Crippen LogP contribution in [0.3, 0.4) is 0 Å². The molecule has 1 N–H and O–H groups in total. The van der Waals surface area contributed by atoms with Crippen LogP contribution in [0.15, 0.2) is 47.1 Å². The van der Waals surface area contributed by atoms with Gasteiger partial charge >= 0.3 is 0 Å². The number of rotatable bonds is 9. The van der Waals surface area contributed by atoms with Crippen molar-refractivity contribution in [3.05, 3.63) is 59.9 Å². The van der Waals surface area contributed by atoms with Gasteiger partial charge < -0.3 is 14.6 Å². The maximum atomic E-state index is 13.0. The molecule has 3 aromatic rings. The Bertz CT molecular complexity index is 912. The molecule has 1 aromatic carbocycles. The summed E-state index contributed by atoms with van der Waals surface area (Å²) < 4.78 is 23.6. The van der Waals surface area contributed by atoms with E-state index < -0.39 is 0 Å². The van der Waals surface area contributed by atoms with E-state index in [2.05, 4.69) is 20.4 Å². The van der Waals surface area contributed by atoms with Gasteiger partial charge in [0.1, 0.15) is 5.82 Å². The first-order valence-electron chi connectivity index (χ1n) is 9.07. The molecule has 2 aromatic heterocycles. The smallest absolute Gasteiger partial charge is 0.226 e. The maximum Gasteiger partial charge on any atom is 0.226 e. The average molecular weight is 384 g/mol. The second-order valence-electron chi connectivity index (χ2n) is 6.05. The highest BCUT2D eigenvalue weighted by atomic mass is 19.1. The monoisotopic (exact) mass is 384 g/mol. The topological polar surface area (TPSA) is 90.1 Å². The molecule has 28 heavy (non-hydrogen) atoms. The molecule has 146 valence electrons. The third-order valence-corrected chi connectivity index (χ3v) is 3.97. The summed E-state index contributed by atoms with van der Waals surface area (Å²) in [5.74, 6) is 0.977. The number of hydrogen-bond donors (Lipinski definition) is 1. The SMILES string of the molecule is CCOc1ncccc1CNC(=O)CCCc1nc(-c2ccc(F)cc2)no1. The van der Waals surface area contributed by atoms with Gasteiger partial charge in [-0.15, -0.1) is 0 Å². The Morgan fingerprint density at radius 2 is 2.07 bits per heavy atom. The number of aryl methyl sites for hydroxylation is 1. The molecule has 0 fully saturated rings. The Balaban J connectivity index is 1.44. The number of aromatic nitrogens is 3. The number of nitrogens with one attached hydrogen (secondary N) is 1. The van der Waals surface area contributed by atoms with E-state index in [1.807, 2.05) is 13.0 Å². The van der Waals surface area contributed by atoms with E-state index in [0.717, 1.165) is 5.56 Å². The highest BCUT2D eigenvalue weighted by Crippen LogP contribution is 2.17. The van der Waals surface area contributed by atoms with Crippen molar-refractivity contribution in [1.82, 2.24) is 20.4 Å². The third-order valence-electron chi connectivity index (χ3n) is 3.97. The quantitative estimate of drug-likeness (QED) is 0.609. The minimum atomic E-state index is -0.321. The fourth-order valence-corrected chi connectivity index (χ4v) is 2.58. The lowest BCUT2D eigenvalue weighted by Crippen LogP contribution is -2.23. The predicted octanol–water partition coefficient (Wildman–Crippen LogP) is 3.31. The van der Waals surface area contributed by atoms with Gasteiger partial charge in [-0.3, -0.25) is 4.79 Å². The molecule has 2 heterocycles. The van der Waals surface area contributed by atoms with Crippen LogP contribution < -0.4 is 10.1 Å². The summed E-state index contributed by atoms with van der Waals surface area (Å²) in [4.78, 5) is 20.5. The lowest BCUT2D eigenvalue weighted by molar-refractivity contribution is -0.121. The van der Waals surface area contributed by atoms with Gasteiger partial charge in [0.15, 0.2) is 0 Å². The summed E-state index contributed by atoms with van der Waals surface area (Å²) in [6.45, 7) is 2.76. The number of carbonyl (C=O) groups excluding carboxylic acids is 1. The number of nitrogens with zero attached hydrogens (tertiary/aromatic N) is 3. The molecule has 0 aliphatic carbocycles. The summed E-state index contributed by atoms with van der Waals surface area (Å²) in [5.41, 5.74) is 1.51. The first-order chi connectivity index (χ1) is 13.7. The summed E-state index contributed by atoms with van der Waals surface area (Å²) in [6.07, 6.45) is 3.04. The van der Waals surface area contributed by atoms with Crippen molar-refractivity contribution in [2.75, 3.05) is 6.61 Å². The number of carbonyl (C=O) groups is 1. The third kappa shape index (κ3) is 5.35. The molecule has 1 amide bonds. The summed E-state index contributed by atoms with van der Waals surface area (Å²) in [5, 5.41) is 6.75. The van der Waals surface area contributed by atoms with Crippen molar-refractivity contribution in [2.45, 2.75) is 32.7 Å². The molecule has 0 aliphatic rings. The van der Waals surface area contributed by atoms with Crippen LogP contribution in [0.5, 0.6) is 5.88 Å². The molecule has 8 heteroatoms. The highest BCUT2D eigenvalue weighted by molar-refractivity contribution is 5.75. The van der Waals surface area contributed by atoms with Crippen molar-refractivity contribution < 1.29 is 18.4 Å². The van der Waals surface area contributed by atoms with Crippen LogP contribution in [0.25, 0.3) is 11.4 Å². The van der Waals surface area contributed by atoms with E-state index >= 15 is 0 Å². The fourth-order valence-electron chi connectivity index (χ4n) is 2.58. The van der Waals surface area contributed by atoms with Gasteiger partial charge in [0.2, 0.25) is 23.5 Å². The van der Waals surface area contributed by atoms with Gasteiger partial charge in [0, 0.05) is 36.7 Å².